The summed E-state index contributed by atoms with van der Waals surface area (Å²) in [5.41, 5.74) is 4.41. The van der Waals surface area contributed by atoms with Crippen LogP contribution >= 0.6 is 0 Å². The van der Waals surface area contributed by atoms with Gasteiger partial charge < -0.3 is 9.47 Å². The number of rotatable bonds is 7. The Hall–Kier alpha value is -3.31. The van der Waals surface area contributed by atoms with E-state index in [9.17, 15) is 14.4 Å². The molecule has 0 saturated heterocycles. The number of hydrogen-bond donors (Lipinski definition) is 1. The van der Waals surface area contributed by atoms with Gasteiger partial charge in [0.2, 0.25) is 5.88 Å². The van der Waals surface area contributed by atoms with Crippen LogP contribution in [0.5, 0.6) is 5.88 Å². The molecule has 1 aromatic carbocycles. The fraction of sp³-hybridized carbons (Fsp3) is 0.222. The van der Waals surface area contributed by atoms with Gasteiger partial charge in [-0.1, -0.05) is 12.1 Å². The highest BCUT2D eigenvalue weighted by atomic mass is 19.1. The number of halogens is 1. The Morgan fingerprint density at radius 3 is 2.81 bits per heavy atom. The second-order valence-corrected chi connectivity index (χ2v) is 5.28. The highest BCUT2D eigenvalue weighted by Gasteiger charge is 2.14. The molecular weight excluding hydrogens is 339 g/mol. The summed E-state index contributed by atoms with van der Waals surface area (Å²) in [6, 6.07) is 9.36. The number of hydrazone groups is 1. The van der Waals surface area contributed by atoms with Crippen LogP contribution in [0, 0.1) is 24.1 Å². The standard InChI is InChI=1S/C18H17FN4O3/c1-12-7-14(10-25-2)16(8-20)18(22-12)26-11-17(24)23-21-9-13-3-5-15(19)6-4-13/h3-7,9H,10-11H2,1-2H3,(H,23,24)/b21-9+. The van der Waals surface area contributed by atoms with Gasteiger partial charge in [-0.2, -0.15) is 10.4 Å². The van der Waals surface area contributed by atoms with Gasteiger partial charge in [-0.15, -0.1) is 0 Å². The summed E-state index contributed by atoms with van der Waals surface area (Å²) in [6.45, 7) is 1.62. The van der Waals surface area contributed by atoms with Crippen molar-refractivity contribution < 1.29 is 18.7 Å². The van der Waals surface area contributed by atoms with Crippen molar-refractivity contribution in [3.63, 3.8) is 0 Å². The first-order chi connectivity index (χ1) is 12.5. The second kappa shape index (κ2) is 9.25. The lowest BCUT2D eigenvalue weighted by atomic mass is 10.1. The topological polar surface area (TPSA) is 96.6 Å². The maximum Gasteiger partial charge on any atom is 0.278 e. The van der Waals surface area contributed by atoms with Gasteiger partial charge in [-0.25, -0.2) is 14.8 Å². The molecule has 7 nitrogen and oxygen atoms in total. The van der Waals surface area contributed by atoms with Crippen LogP contribution < -0.4 is 10.2 Å². The number of nitrogens with zero attached hydrogens (tertiary/aromatic N) is 3. The zero-order valence-electron chi connectivity index (χ0n) is 14.3. The number of hydrogen-bond acceptors (Lipinski definition) is 6. The smallest absolute Gasteiger partial charge is 0.278 e. The first kappa shape index (κ1) is 19.0. The number of ether oxygens (including phenoxy) is 2. The molecule has 1 heterocycles. The monoisotopic (exact) mass is 356 g/mol. The minimum atomic E-state index is -0.524. The maximum absolute atomic E-state index is 12.8. The Morgan fingerprint density at radius 1 is 1.42 bits per heavy atom. The third-order valence-electron chi connectivity index (χ3n) is 3.22. The summed E-state index contributed by atoms with van der Waals surface area (Å²) < 4.78 is 23.2. The van der Waals surface area contributed by atoms with Gasteiger partial charge in [-0.3, -0.25) is 4.79 Å². The van der Waals surface area contributed by atoms with Crippen molar-refractivity contribution in [1.29, 1.82) is 5.26 Å². The van der Waals surface area contributed by atoms with Crippen molar-refractivity contribution in [3.05, 3.63) is 58.5 Å². The Labute approximate surface area is 150 Å². The van der Waals surface area contributed by atoms with E-state index in [-0.39, 0.29) is 30.5 Å². The van der Waals surface area contributed by atoms with E-state index in [0.29, 0.717) is 16.8 Å². The number of carbonyl (C=O) groups excluding carboxylic acids is 1. The molecule has 2 rings (SSSR count). The fourth-order valence-corrected chi connectivity index (χ4v) is 2.10. The Kier molecular flexibility index (Phi) is 6.76. The molecule has 0 saturated carbocycles. The molecule has 0 bridgehead atoms. The minimum Gasteiger partial charge on any atom is -0.467 e. The molecule has 0 radical (unpaired) electrons. The number of benzene rings is 1. The van der Waals surface area contributed by atoms with Gasteiger partial charge in [0.25, 0.3) is 5.91 Å². The maximum atomic E-state index is 12.8. The second-order valence-electron chi connectivity index (χ2n) is 5.28. The highest BCUT2D eigenvalue weighted by Crippen LogP contribution is 2.21. The molecule has 1 aromatic heterocycles. The molecule has 0 aliphatic heterocycles. The normalized spacial score (nSPS) is 10.5. The average Bonchev–Trinajstić information content (AvgIpc) is 2.62. The zero-order valence-corrected chi connectivity index (χ0v) is 14.3. The van der Waals surface area contributed by atoms with Crippen LogP contribution in [0.4, 0.5) is 4.39 Å². The van der Waals surface area contributed by atoms with E-state index in [1.807, 2.05) is 6.07 Å². The van der Waals surface area contributed by atoms with E-state index < -0.39 is 5.91 Å². The fourth-order valence-electron chi connectivity index (χ4n) is 2.10. The first-order valence-corrected chi connectivity index (χ1v) is 7.63. The van der Waals surface area contributed by atoms with Gasteiger partial charge in [0.15, 0.2) is 6.61 Å². The lowest BCUT2D eigenvalue weighted by molar-refractivity contribution is -0.123. The van der Waals surface area contributed by atoms with Crippen molar-refractivity contribution in [2.24, 2.45) is 5.10 Å². The number of carbonyl (C=O) groups is 1. The summed E-state index contributed by atoms with van der Waals surface area (Å²) in [5.74, 6) is -0.813. The minimum absolute atomic E-state index is 0.0669. The van der Waals surface area contributed by atoms with E-state index in [1.54, 1.807) is 13.0 Å². The molecule has 1 N–H and O–H groups in total. The van der Waals surface area contributed by atoms with Crippen LogP contribution in [0.3, 0.4) is 0 Å². The Balaban J connectivity index is 1.96. The van der Waals surface area contributed by atoms with Gasteiger partial charge in [0.05, 0.1) is 12.8 Å². The van der Waals surface area contributed by atoms with Crippen molar-refractivity contribution in [2.45, 2.75) is 13.5 Å². The lowest BCUT2D eigenvalue weighted by Crippen LogP contribution is -2.25. The van der Waals surface area contributed by atoms with Gasteiger partial charge in [-0.05, 0) is 30.7 Å². The molecule has 0 aliphatic rings. The summed E-state index contributed by atoms with van der Waals surface area (Å²) in [6.07, 6.45) is 1.37. The summed E-state index contributed by atoms with van der Waals surface area (Å²) in [7, 11) is 1.52. The summed E-state index contributed by atoms with van der Waals surface area (Å²) in [5, 5.41) is 13.1. The zero-order chi connectivity index (χ0) is 18.9. The largest absolute Gasteiger partial charge is 0.467 e. The predicted molar refractivity (Wildman–Crippen MR) is 92.0 cm³/mol. The van der Waals surface area contributed by atoms with E-state index >= 15 is 0 Å². The molecular formula is C18H17FN4O3. The van der Waals surface area contributed by atoms with Crippen LogP contribution in [0.1, 0.15) is 22.4 Å². The van der Waals surface area contributed by atoms with E-state index in [0.717, 1.165) is 0 Å². The van der Waals surface area contributed by atoms with E-state index in [4.69, 9.17) is 9.47 Å². The van der Waals surface area contributed by atoms with Crippen molar-refractivity contribution >= 4 is 12.1 Å². The van der Waals surface area contributed by atoms with Crippen molar-refractivity contribution in [3.8, 4) is 11.9 Å². The van der Waals surface area contributed by atoms with Gasteiger partial charge in [0.1, 0.15) is 17.4 Å². The number of methoxy groups -OCH3 is 1. The van der Waals surface area contributed by atoms with Crippen LogP contribution in [0.15, 0.2) is 35.4 Å². The SMILES string of the molecule is COCc1cc(C)nc(OCC(=O)N/N=C/c2ccc(F)cc2)c1C#N. The van der Waals surface area contributed by atoms with Crippen molar-refractivity contribution in [2.75, 3.05) is 13.7 Å². The molecule has 2 aromatic rings. The van der Waals surface area contributed by atoms with E-state index in [1.165, 1.54) is 37.6 Å². The third kappa shape index (κ3) is 5.36. The third-order valence-corrected chi connectivity index (χ3v) is 3.22. The first-order valence-electron chi connectivity index (χ1n) is 7.63. The number of aryl methyl sites for hydroxylation is 1. The molecule has 8 heteroatoms. The Morgan fingerprint density at radius 2 is 2.15 bits per heavy atom. The summed E-state index contributed by atoms with van der Waals surface area (Å²) in [4.78, 5) is 16.0. The van der Waals surface area contributed by atoms with Crippen LogP contribution in [0.2, 0.25) is 0 Å². The predicted octanol–water partition coefficient (Wildman–Crippen LogP) is 2.08. The quantitative estimate of drug-likeness (QED) is 0.605. The molecule has 26 heavy (non-hydrogen) atoms. The molecule has 134 valence electrons. The van der Waals surface area contributed by atoms with Crippen LogP contribution in [0.25, 0.3) is 0 Å². The molecule has 0 atom stereocenters. The summed E-state index contributed by atoms with van der Waals surface area (Å²) >= 11 is 0. The van der Waals surface area contributed by atoms with Crippen LogP contribution in [-0.2, 0) is 16.1 Å². The van der Waals surface area contributed by atoms with Crippen molar-refractivity contribution in [1.82, 2.24) is 10.4 Å². The Bertz CT molecular complexity index is 845. The van der Waals surface area contributed by atoms with Gasteiger partial charge >= 0.3 is 0 Å². The highest BCUT2D eigenvalue weighted by molar-refractivity contribution is 5.82. The molecule has 0 spiro atoms. The number of pyridine rings is 1. The molecule has 0 aliphatic carbocycles. The molecule has 0 unspecified atom stereocenters. The number of nitrogens with one attached hydrogen (secondary N) is 1. The number of amides is 1. The van der Waals surface area contributed by atoms with Crippen LogP contribution in [-0.4, -0.2) is 30.8 Å². The molecule has 1 amide bonds. The number of aromatic nitrogens is 1. The average molecular weight is 356 g/mol. The lowest BCUT2D eigenvalue weighted by Gasteiger charge is -2.10. The van der Waals surface area contributed by atoms with Gasteiger partial charge in [0, 0.05) is 18.4 Å². The number of nitriles is 1. The van der Waals surface area contributed by atoms with E-state index in [2.05, 4.69) is 15.5 Å². The molecule has 0 fully saturated rings.